The van der Waals surface area contributed by atoms with Gasteiger partial charge in [0.15, 0.2) is 23.5 Å². The third kappa shape index (κ3) is 6.14. The average Bonchev–Trinajstić information content (AvgIpc) is 3.19. The summed E-state index contributed by atoms with van der Waals surface area (Å²) in [5, 5.41) is 10.6. The standard InChI is InChI=1S/C23H27N8O8P/c1-4-5-8-23(29-30-23)10-15(32)25-9-6-7-14-27-19(24)16-20(28-14)31(12-26-16)21-18-17(38-22(2,3)39-18)13(37-21)11-36-40(33,34)35/h1,12-13,17-18,21H,5,8-11H2,2-3H3,(H,25,32)(H2,24,27,28)(H2,33,34,35)/t13-,17+,18+,21-/m0/s1. The number of phosphoric acid groups is 1. The molecule has 2 aromatic heterocycles. The van der Waals surface area contributed by atoms with E-state index in [0.29, 0.717) is 24.0 Å². The number of carbonyl (C=O) groups excluding carboxylic acids is 1. The maximum Gasteiger partial charge on any atom is 0.469 e. The van der Waals surface area contributed by atoms with Crippen LogP contribution in [0.5, 0.6) is 0 Å². The SMILES string of the molecule is C#CCCC1(CC(=O)NCC#Cc2nc(N)c3ncn([C@H]4O[C@@H](COP(=O)(O)O)[C@H]5OC(C)(C)O[C@H]54)c3n2)N=N1. The lowest BCUT2D eigenvalue weighted by Crippen LogP contribution is -2.32. The van der Waals surface area contributed by atoms with Crippen molar-refractivity contribution in [2.24, 2.45) is 10.2 Å². The normalized spacial score (nSPS) is 25.7. The minimum Gasteiger partial charge on any atom is -0.382 e. The van der Waals surface area contributed by atoms with E-state index in [9.17, 15) is 9.36 Å². The van der Waals surface area contributed by atoms with Gasteiger partial charge in [0, 0.05) is 12.8 Å². The molecule has 0 radical (unpaired) electrons. The van der Waals surface area contributed by atoms with E-state index >= 15 is 0 Å². The molecule has 0 saturated carbocycles. The first-order valence-corrected chi connectivity index (χ1v) is 13.8. The van der Waals surface area contributed by atoms with Crippen molar-refractivity contribution in [3.05, 3.63) is 12.2 Å². The number of carbonyl (C=O) groups is 1. The fourth-order valence-corrected chi connectivity index (χ4v) is 4.90. The molecule has 2 fully saturated rings. The molecule has 3 aliphatic rings. The van der Waals surface area contributed by atoms with Gasteiger partial charge in [0.25, 0.3) is 0 Å². The second-order valence-corrected chi connectivity index (χ2v) is 11.1. The van der Waals surface area contributed by atoms with E-state index < -0.39 is 50.4 Å². The van der Waals surface area contributed by atoms with Crippen molar-refractivity contribution in [1.29, 1.82) is 0 Å². The summed E-state index contributed by atoms with van der Waals surface area (Å²) in [6, 6.07) is 0. The van der Waals surface area contributed by atoms with E-state index in [2.05, 4.69) is 52.8 Å². The molecule has 4 atom stereocenters. The molecule has 16 nitrogen and oxygen atoms in total. The van der Waals surface area contributed by atoms with Crippen molar-refractivity contribution in [2.75, 3.05) is 18.9 Å². The molecular formula is C23H27N8O8P. The quantitative estimate of drug-likeness (QED) is 0.236. The summed E-state index contributed by atoms with van der Waals surface area (Å²) in [5.74, 6) is 6.98. The van der Waals surface area contributed by atoms with Crippen molar-refractivity contribution in [3.8, 4) is 24.2 Å². The summed E-state index contributed by atoms with van der Waals surface area (Å²) in [5.41, 5.74) is 5.97. The molecular weight excluding hydrogens is 547 g/mol. The summed E-state index contributed by atoms with van der Waals surface area (Å²) >= 11 is 0. The van der Waals surface area contributed by atoms with Crippen LogP contribution in [0.3, 0.4) is 0 Å². The number of ether oxygens (including phenoxy) is 3. The number of nitrogens with two attached hydrogens (primary N) is 1. The van der Waals surface area contributed by atoms with Crippen LogP contribution in [-0.4, -0.2) is 78.1 Å². The molecule has 5 heterocycles. The highest BCUT2D eigenvalue weighted by atomic mass is 31.2. The average molecular weight is 574 g/mol. The van der Waals surface area contributed by atoms with Crippen LogP contribution in [0.4, 0.5) is 5.82 Å². The molecule has 0 bridgehead atoms. The molecule has 212 valence electrons. The Morgan fingerprint density at radius 3 is 2.75 bits per heavy atom. The molecule has 3 aliphatic heterocycles. The van der Waals surface area contributed by atoms with E-state index in [1.165, 1.54) is 6.33 Å². The summed E-state index contributed by atoms with van der Waals surface area (Å²) in [6.45, 7) is 3.03. The Kier molecular flexibility index (Phi) is 7.37. The number of phosphoric ester groups is 1. The predicted octanol–water partition coefficient (Wildman–Crippen LogP) is 0.369. The number of aromatic nitrogens is 4. The number of amides is 1. The second-order valence-electron chi connectivity index (χ2n) is 9.81. The monoisotopic (exact) mass is 574 g/mol. The Bertz CT molecular complexity index is 1500. The zero-order chi connectivity index (χ0) is 28.7. The zero-order valence-electron chi connectivity index (χ0n) is 21.6. The predicted molar refractivity (Wildman–Crippen MR) is 136 cm³/mol. The molecule has 17 heteroatoms. The first-order valence-electron chi connectivity index (χ1n) is 12.2. The van der Waals surface area contributed by atoms with Crippen molar-refractivity contribution in [2.45, 2.75) is 69.1 Å². The van der Waals surface area contributed by atoms with Gasteiger partial charge in [-0.1, -0.05) is 5.92 Å². The number of anilines is 1. The van der Waals surface area contributed by atoms with E-state index in [4.69, 9.17) is 36.2 Å². The van der Waals surface area contributed by atoms with Gasteiger partial charge >= 0.3 is 7.82 Å². The third-order valence-electron chi connectivity index (χ3n) is 6.33. The topological polar surface area (TPSA) is 218 Å². The largest absolute Gasteiger partial charge is 0.469 e. The molecule has 2 saturated heterocycles. The summed E-state index contributed by atoms with van der Waals surface area (Å²) in [7, 11) is -4.74. The second kappa shape index (κ2) is 10.5. The highest BCUT2D eigenvalue weighted by Crippen LogP contribution is 2.45. The van der Waals surface area contributed by atoms with Gasteiger partial charge in [-0.25, -0.2) is 19.5 Å². The number of hydrogen-bond acceptors (Lipinski definition) is 12. The van der Waals surface area contributed by atoms with Crippen molar-refractivity contribution < 1.29 is 37.9 Å². The molecule has 0 unspecified atom stereocenters. The Labute approximate surface area is 228 Å². The minimum absolute atomic E-state index is 0.0294. The molecule has 5 rings (SSSR count). The lowest BCUT2D eigenvalue weighted by molar-refractivity contribution is -0.199. The van der Waals surface area contributed by atoms with Gasteiger partial charge in [-0.3, -0.25) is 13.9 Å². The number of fused-ring (bicyclic) bond motifs is 2. The zero-order valence-corrected chi connectivity index (χ0v) is 22.4. The lowest BCUT2D eigenvalue weighted by atomic mass is 10.0. The first kappa shape index (κ1) is 28.1. The van der Waals surface area contributed by atoms with Crippen LogP contribution in [0.25, 0.3) is 11.2 Å². The van der Waals surface area contributed by atoms with Crippen molar-refractivity contribution in [1.82, 2.24) is 24.8 Å². The molecule has 2 aromatic rings. The van der Waals surface area contributed by atoms with Gasteiger partial charge < -0.3 is 35.0 Å². The van der Waals surface area contributed by atoms with Crippen molar-refractivity contribution in [3.63, 3.8) is 0 Å². The molecule has 1 amide bonds. The fraction of sp³-hybridized carbons (Fsp3) is 0.565. The lowest BCUT2D eigenvalue weighted by Gasteiger charge is -2.24. The summed E-state index contributed by atoms with van der Waals surface area (Å²) in [6.07, 6.45) is 4.75. The highest BCUT2D eigenvalue weighted by Gasteiger charge is 2.56. The molecule has 0 aliphatic carbocycles. The van der Waals surface area contributed by atoms with Crippen LogP contribution in [-0.2, 0) is 28.1 Å². The van der Waals surface area contributed by atoms with E-state index in [1.807, 2.05) is 0 Å². The van der Waals surface area contributed by atoms with Gasteiger partial charge in [-0.15, -0.1) is 12.3 Å². The van der Waals surface area contributed by atoms with E-state index in [1.54, 1.807) is 18.4 Å². The van der Waals surface area contributed by atoms with Crippen LogP contribution in [0, 0.1) is 24.2 Å². The van der Waals surface area contributed by atoms with Crippen LogP contribution in [0.1, 0.15) is 45.2 Å². The number of nitrogens with one attached hydrogen (secondary N) is 1. The Hall–Kier alpha value is -3.47. The Morgan fingerprint density at radius 1 is 1.30 bits per heavy atom. The van der Waals surface area contributed by atoms with Crippen LogP contribution < -0.4 is 11.1 Å². The summed E-state index contributed by atoms with van der Waals surface area (Å²) < 4.78 is 35.5. The maximum atomic E-state index is 12.2. The summed E-state index contributed by atoms with van der Waals surface area (Å²) in [4.78, 5) is 43.4. The van der Waals surface area contributed by atoms with Gasteiger partial charge in [-0.2, -0.15) is 10.2 Å². The minimum atomic E-state index is -4.74. The van der Waals surface area contributed by atoms with Crippen molar-refractivity contribution >= 4 is 30.7 Å². The third-order valence-corrected chi connectivity index (χ3v) is 6.81. The molecule has 0 aromatic carbocycles. The van der Waals surface area contributed by atoms with E-state index in [0.717, 1.165) is 0 Å². The van der Waals surface area contributed by atoms with Gasteiger partial charge in [-0.05, 0) is 19.8 Å². The Morgan fingerprint density at radius 2 is 2.05 bits per heavy atom. The van der Waals surface area contributed by atoms with Gasteiger partial charge in [0.2, 0.25) is 17.4 Å². The highest BCUT2D eigenvalue weighted by molar-refractivity contribution is 7.46. The number of hydrogen-bond donors (Lipinski definition) is 4. The number of terminal acetylenes is 1. The number of nitrogen functional groups attached to an aromatic ring is 1. The fourth-order valence-electron chi connectivity index (χ4n) is 4.56. The molecule has 0 spiro atoms. The molecule has 40 heavy (non-hydrogen) atoms. The maximum absolute atomic E-state index is 12.2. The number of imidazole rings is 1. The van der Waals surface area contributed by atoms with E-state index in [-0.39, 0.29) is 30.5 Å². The smallest absolute Gasteiger partial charge is 0.382 e. The van der Waals surface area contributed by atoms with Crippen LogP contribution >= 0.6 is 7.82 Å². The Balaban J connectivity index is 1.30. The van der Waals surface area contributed by atoms with Gasteiger partial charge in [0.05, 0.1) is 25.9 Å². The number of rotatable bonds is 9. The number of nitrogens with zero attached hydrogens (tertiary/aromatic N) is 6. The van der Waals surface area contributed by atoms with Crippen LogP contribution in [0.15, 0.2) is 16.6 Å². The molecule has 5 N–H and O–H groups in total. The van der Waals surface area contributed by atoms with Crippen LogP contribution in [0.2, 0.25) is 0 Å². The van der Waals surface area contributed by atoms with Gasteiger partial charge in [0.1, 0.15) is 23.8 Å². The first-order chi connectivity index (χ1) is 18.9.